The van der Waals surface area contributed by atoms with Crippen molar-refractivity contribution in [1.82, 2.24) is 9.88 Å². The first-order valence-corrected chi connectivity index (χ1v) is 6.01. The summed E-state index contributed by atoms with van der Waals surface area (Å²) in [5, 5.41) is 11.1. The van der Waals surface area contributed by atoms with Gasteiger partial charge in [-0.25, -0.2) is 4.98 Å². The molecule has 4 nitrogen and oxygen atoms in total. The van der Waals surface area contributed by atoms with E-state index < -0.39 is 5.97 Å². The van der Waals surface area contributed by atoms with E-state index in [-0.39, 0.29) is 12.1 Å². The van der Waals surface area contributed by atoms with E-state index in [0.717, 1.165) is 25.1 Å². The van der Waals surface area contributed by atoms with E-state index in [4.69, 9.17) is 5.11 Å². The molecule has 1 fully saturated rings. The predicted molar refractivity (Wildman–Crippen MR) is 57.9 cm³/mol. The maximum absolute atomic E-state index is 11.0. The van der Waals surface area contributed by atoms with Gasteiger partial charge in [0.1, 0.15) is 6.04 Å². The zero-order chi connectivity index (χ0) is 10.8. The lowest BCUT2D eigenvalue weighted by Crippen LogP contribution is -2.37. The number of nitrogens with zero attached hydrogens (tertiary/aromatic N) is 2. The van der Waals surface area contributed by atoms with Crippen molar-refractivity contribution in [3.05, 3.63) is 16.6 Å². The Labute approximate surface area is 92.6 Å². The van der Waals surface area contributed by atoms with E-state index in [1.807, 2.05) is 17.2 Å². The van der Waals surface area contributed by atoms with Crippen molar-refractivity contribution in [2.45, 2.75) is 31.8 Å². The molecule has 15 heavy (non-hydrogen) atoms. The lowest BCUT2D eigenvalue weighted by molar-refractivity contribution is -0.142. The van der Waals surface area contributed by atoms with Crippen LogP contribution in [0.5, 0.6) is 0 Å². The van der Waals surface area contributed by atoms with Crippen LogP contribution in [0.1, 0.15) is 31.5 Å². The molecule has 0 bridgehead atoms. The molecule has 0 aromatic carbocycles. The van der Waals surface area contributed by atoms with E-state index in [1.165, 1.54) is 0 Å². The molecule has 0 spiro atoms. The van der Waals surface area contributed by atoms with Crippen LogP contribution < -0.4 is 0 Å². The monoisotopic (exact) mass is 226 g/mol. The molecule has 2 heterocycles. The number of aromatic nitrogens is 1. The number of carbonyl (C=O) groups is 1. The molecule has 1 aromatic heterocycles. The molecule has 1 aliphatic rings. The highest BCUT2D eigenvalue weighted by Gasteiger charge is 2.34. The number of thiazole rings is 1. The van der Waals surface area contributed by atoms with Crippen LogP contribution in [0, 0.1) is 0 Å². The minimum atomic E-state index is -0.713. The standard InChI is InChI=1S/C10H14N2O2S/c1-7(8-5-15-6-11-8)12-4-2-3-9(12)10(13)14/h5-7,9H,2-4H2,1H3,(H,13,14). The molecule has 82 valence electrons. The molecular weight excluding hydrogens is 212 g/mol. The van der Waals surface area contributed by atoms with E-state index in [0.29, 0.717) is 0 Å². The topological polar surface area (TPSA) is 53.4 Å². The Bertz CT molecular complexity index is 339. The van der Waals surface area contributed by atoms with E-state index in [9.17, 15) is 4.79 Å². The lowest BCUT2D eigenvalue weighted by Gasteiger charge is -2.26. The van der Waals surface area contributed by atoms with Gasteiger partial charge in [-0.1, -0.05) is 0 Å². The van der Waals surface area contributed by atoms with Gasteiger partial charge in [0, 0.05) is 5.38 Å². The minimum absolute atomic E-state index is 0.111. The Hall–Kier alpha value is -0.940. The van der Waals surface area contributed by atoms with Gasteiger partial charge in [-0.15, -0.1) is 11.3 Å². The van der Waals surface area contributed by atoms with Crippen molar-refractivity contribution in [2.75, 3.05) is 6.54 Å². The molecule has 1 aliphatic heterocycles. The molecule has 0 amide bonds. The zero-order valence-corrected chi connectivity index (χ0v) is 9.41. The van der Waals surface area contributed by atoms with Crippen molar-refractivity contribution in [3.63, 3.8) is 0 Å². The Kier molecular flexibility index (Phi) is 3.02. The quantitative estimate of drug-likeness (QED) is 0.853. The van der Waals surface area contributed by atoms with Crippen LogP contribution in [-0.4, -0.2) is 33.5 Å². The van der Waals surface area contributed by atoms with Gasteiger partial charge in [-0.3, -0.25) is 9.69 Å². The summed E-state index contributed by atoms with van der Waals surface area (Å²) in [7, 11) is 0. The molecule has 0 aliphatic carbocycles. The van der Waals surface area contributed by atoms with E-state index in [2.05, 4.69) is 4.98 Å². The molecule has 5 heteroatoms. The van der Waals surface area contributed by atoms with Crippen LogP contribution >= 0.6 is 11.3 Å². The first-order chi connectivity index (χ1) is 7.20. The van der Waals surface area contributed by atoms with Gasteiger partial charge in [0.2, 0.25) is 0 Å². The van der Waals surface area contributed by atoms with Crippen molar-refractivity contribution >= 4 is 17.3 Å². The van der Waals surface area contributed by atoms with E-state index >= 15 is 0 Å². The third-order valence-corrected chi connectivity index (χ3v) is 3.56. The Morgan fingerprint density at radius 2 is 2.60 bits per heavy atom. The molecule has 0 radical (unpaired) electrons. The predicted octanol–water partition coefficient (Wildman–Crippen LogP) is 1.75. The third kappa shape index (κ3) is 2.03. The van der Waals surface area contributed by atoms with E-state index in [1.54, 1.807) is 16.8 Å². The minimum Gasteiger partial charge on any atom is -0.480 e. The van der Waals surface area contributed by atoms with Crippen LogP contribution in [0.4, 0.5) is 0 Å². The van der Waals surface area contributed by atoms with Gasteiger partial charge >= 0.3 is 5.97 Å². The average Bonchev–Trinajstić information content (AvgIpc) is 2.88. The first-order valence-electron chi connectivity index (χ1n) is 5.07. The number of carboxylic acids is 1. The number of aliphatic carboxylic acids is 1. The highest BCUT2D eigenvalue weighted by atomic mass is 32.1. The van der Waals surface area contributed by atoms with Crippen LogP contribution in [0.3, 0.4) is 0 Å². The second-order valence-corrected chi connectivity index (χ2v) is 4.54. The molecule has 2 atom stereocenters. The van der Waals surface area contributed by atoms with Crippen molar-refractivity contribution in [2.24, 2.45) is 0 Å². The normalized spacial score (nSPS) is 24.2. The molecule has 2 unspecified atom stereocenters. The fraction of sp³-hybridized carbons (Fsp3) is 0.600. The van der Waals surface area contributed by atoms with Crippen molar-refractivity contribution < 1.29 is 9.90 Å². The molecular formula is C10H14N2O2S. The molecule has 0 saturated carbocycles. The van der Waals surface area contributed by atoms with Crippen molar-refractivity contribution in [1.29, 1.82) is 0 Å². The largest absolute Gasteiger partial charge is 0.480 e. The number of likely N-dealkylation sites (tertiary alicyclic amines) is 1. The van der Waals surface area contributed by atoms with Crippen molar-refractivity contribution in [3.8, 4) is 0 Å². The van der Waals surface area contributed by atoms with Crippen LogP contribution in [0.2, 0.25) is 0 Å². The molecule has 1 aromatic rings. The summed E-state index contributed by atoms with van der Waals surface area (Å²) >= 11 is 1.55. The summed E-state index contributed by atoms with van der Waals surface area (Å²) in [4.78, 5) is 17.3. The second kappa shape index (κ2) is 4.28. The number of hydrogen-bond donors (Lipinski definition) is 1. The van der Waals surface area contributed by atoms with Crippen LogP contribution in [0.25, 0.3) is 0 Å². The summed E-state index contributed by atoms with van der Waals surface area (Å²) in [6.07, 6.45) is 1.72. The zero-order valence-electron chi connectivity index (χ0n) is 8.59. The Morgan fingerprint density at radius 1 is 1.80 bits per heavy atom. The fourth-order valence-corrected chi connectivity index (χ4v) is 2.76. The number of hydrogen-bond acceptors (Lipinski definition) is 4. The second-order valence-electron chi connectivity index (χ2n) is 3.82. The first kappa shape index (κ1) is 10.6. The number of carboxylic acid groups (broad SMARTS) is 1. The van der Waals surface area contributed by atoms with Crippen LogP contribution in [-0.2, 0) is 4.79 Å². The summed E-state index contributed by atoms with van der Waals surface area (Å²) in [6, 6.07) is -0.221. The Balaban J connectivity index is 2.13. The number of rotatable bonds is 3. The van der Waals surface area contributed by atoms with Gasteiger partial charge < -0.3 is 5.11 Å². The third-order valence-electron chi connectivity index (χ3n) is 2.96. The highest BCUT2D eigenvalue weighted by Crippen LogP contribution is 2.28. The summed E-state index contributed by atoms with van der Waals surface area (Å²) in [5.74, 6) is -0.713. The fourth-order valence-electron chi connectivity index (χ4n) is 2.12. The van der Waals surface area contributed by atoms with Gasteiger partial charge in [-0.05, 0) is 26.3 Å². The molecule has 1 N–H and O–H groups in total. The van der Waals surface area contributed by atoms with Crippen LogP contribution in [0.15, 0.2) is 10.9 Å². The lowest BCUT2D eigenvalue weighted by atomic mass is 10.1. The summed E-state index contributed by atoms with van der Waals surface area (Å²) < 4.78 is 0. The van der Waals surface area contributed by atoms with Gasteiger partial charge in [0.05, 0.1) is 17.2 Å². The van der Waals surface area contributed by atoms with Gasteiger partial charge in [0.15, 0.2) is 0 Å². The van der Waals surface area contributed by atoms with Gasteiger partial charge in [0.25, 0.3) is 0 Å². The summed E-state index contributed by atoms with van der Waals surface area (Å²) in [5.41, 5.74) is 2.77. The maximum Gasteiger partial charge on any atom is 0.320 e. The SMILES string of the molecule is CC(c1cscn1)N1CCCC1C(=O)O. The maximum atomic E-state index is 11.0. The molecule has 1 saturated heterocycles. The highest BCUT2D eigenvalue weighted by molar-refractivity contribution is 7.07. The molecule has 2 rings (SSSR count). The average molecular weight is 226 g/mol. The Morgan fingerprint density at radius 3 is 3.20 bits per heavy atom. The van der Waals surface area contributed by atoms with Gasteiger partial charge in [-0.2, -0.15) is 0 Å². The summed E-state index contributed by atoms with van der Waals surface area (Å²) in [6.45, 7) is 2.88. The smallest absolute Gasteiger partial charge is 0.320 e.